The molecule has 0 radical (unpaired) electrons. The fourth-order valence-electron chi connectivity index (χ4n) is 1.28. The van der Waals surface area contributed by atoms with Gasteiger partial charge in [-0.15, -0.1) is 0 Å². The summed E-state index contributed by atoms with van der Waals surface area (Å²) < 4.78 is 0. The normalized spacial score (nSPS) is 10.5. The first-order chi connectivity index (χ1) is 7.59. The molecule has 0 saturated heterocycles. The van der Waals surface area contributed by atoms with Gasteiger partial charge in [0, 0.05) is 17.3 Å². The fraction of sp³-hybridized carbons (Fsp3) is 0. The summed E-state index contributed by atoms with van der Waals surface area (Å²) in [5.41, 5.74) is 1.62. The third kappa shape index (κ3) is 2.28. The molecule has 1 heterocycles. The average Bonchev–Trinajstić information content (AvgIpc) is 2.28. The largest absolute Gasteiger partial charge is 0.244 e. The molecule has 0 N–H and O–H groups in total. The number of nitrogens with zero attached hydrogens (tertiary/aromatic N) is 1. The second kappa shape index (κ2) is 4.80. The van der Waals surface area contributed by atoms with Gasteiger partial charge in [-0.2, -0.15) is 0 Å². The highest BCUT2D eigenvalue weighted by atomic mass is 35.5. The lowest BCUT2D eigenvalue weighted by Gasteiger charge is -2.06. The van der Waals surface area contributed by atoms with Crippen LogP contribution in [0, 0.1) is 0 Å². The first kappa shape index (κ1) is 12.0. The van der Waals surface area contributed by atoms with E-state index in [0.717, 1.165) is 11.1 Å². The number of aromatic nitrogens is 1. The summed E-state index contributed by atoms with van der Waals surface area (Å²) >= 11 is 23.6. The lowest BCUT2D eigenvalue weighted by atomic mass is 10.1. The van der Waals surface area contributed by atoms with Crippen molar-refractivity contribution in [3.63, 3.8) is 0 Å². The van der Waals surface area contributed by atoms with E-state index in [1.165, 1.54) is 0 Å². The van der Waals surface area contributed by atoms with Crippen LogP contribution in [0.1, 0.15) is 0 Å². The quantitative estimate of drug-likeness (QED) is 0.509. The number of rotatable bonds is 1. The highest BCUT2D eigenvalue weighted by Crippen LogP contribution is 2.37. The monoisotopic (exact) mass is 291 g/mol. The molecule has 0 fully saturated rings. The molecule has 0 amide bonds. The number of halogens is 4. The van der Waals surface area contributed by atoms with Gasteiger partial charge in [0.05, 0.1) is 15.1 Å². The Morgan fingerprint density at radius 1 is 0.812 bits per heavy atom. The average molecular weight is 293 g/mol. The summed E-state index contributed by atoms with van der Waals surface area (Å²) in [4.78, 5) is 3.98. The Labute approximate surface area is 113 Å². The molecule has 0 saturated carbocycles. The second-order valence-corrected chi connectivity index (χ2v) is 4.64. The molecule has 0 bridgehead atoms. The van der Waals surface area contributed by atoms with Crippen LogP contribution in [-0.2, 0) is 0 Å². The van der Waals surface area contributed by atoms with Crippen molar-refractivity contribution in [3.05, 3.63) is 50.7 Å². The number of hydrogen-bond acceptors (Lipinski definition) is 1. The van der Waals surface area contributed by atoms with E-state index in [1.807, 2.05) is 6.07 Å². The van der Waals surface area contributed by atoms with Crippen LogP contribution in [0.4, 0.5) is 0 Å². The van der Waals surface area contributed by atoms with E-state index in [4.69, 9.17) is 46.4 Å². The van der Waals surface area contributed by atoms with Crippen LogP contribution in [0.2, 0.25) is 20.2 Å². The van der Waals surface area contributed by atoms with E-state index >= 15 is 0 Å². The molecule has 1 nitrogen and oxygen atoms in total. The van der Waals surface area contributed by atoms with Crippen LogP contribution in [0.5, 0.6) is 0 Å². The van der Waals surface area contributed by atoms with Crippen LogP contribution in [0.3, 0.4) is 0 Å². The summed E-state index contributed by atoms with van der Waals surface area (Å²) in [5, 5.41) is 1.62. The van der Waals surface area contributed by atoms with E-state index < -0.39 is 0 Å². The highest BCUT2D eigenvalue weighted by molar-refractivity contribution is 6.49. The van der Waals surface area contributed by atoms with Gasteiger partial charge < -0.3 is 0 Å². The summed E-state index contributed by atoms with van der Waals surface area (Å²) in [5.74, 6) is 0. The molecular formula is C11H5Cl4N. The number of pyridine rings is 1. The molecule has 0 aliphatic carbocycles. The molecule has 16 heavy (non-hydrogen) atoms. The summed E-state index contributed by atoms with van der Waals surface area (Å²) in [6.45, 7) is 0. The molecule has 0 spiro atoms. The van der Waals surface area contributed by atoms with Crippen molar-refractivity contribution in [1.82, 2.24) is 4.98 Å². The zero-order valence-electron chi connectivity index (χ0n) is 7.85. The lowest BCUT2D eigenvalue weighted by molar-refractivity contribution is 1.33. The molecule has 2 aromatic rings. The van der Waals surface area contributed by atoms with Crippen molar-refractivity contribution in [2.75, 3.05) is 0 Å². The summed E-state index contributed by atoms with van der Waals surface area (Å²) in [6.07, 6.45) is 1.63. The van der Waals surface area contributed by atoms with E-state index in [1.54, 1.807) is 24.4 Å². The Balaban J connectivity index is 2.57. The predicted molar refractivity (Wildman–Crippen MR) is 69.7 cm³/mol. The minimum Gasteiger partial charge on any atom is -0.244 e. The third-order valence-electron chi connectivity index (χ3n) is 2.07. The number of hydrogen-bond donors (Lipinski definition) is 0. The molecule has 0 aliphatic heterocycles. The van der Waals surface area contributed by atoms with Gasteiger partial charge >= 0.3 is 0 Å². The topological polar surface area (TPSA) is 12.9 Å². The Hall–Kier alpha value is -0.470. The molecule has 1 aromatic carbocycles. The van der Waals surface area contributed by atoms with Crippen LogP contribution in [-0.4, -0.2) is 4.98 Å². The van der Waals surface area contributed by atoms with Crippen molar-refractivity contribution in [3.8, 4) is 11.1 Å². The molecule has 0 unspecified atom stereocenters. The van der Waals surface area contributed by atoms with E-state index in [-0.39, 0.29) is 0 Å². The minimum absolute atomic E-state index is 0.343. The first-order valence-corrected chi connectivity index (χ1v) is 5.86. The lowest BCUT2D eigenvalue weighted by Crippen LogP contribution is -1.83. The molecule has 2 rings (SSSR count). The maximum Gasteiger partial charge on any atom is 0.129 e. The SMILES string of the molecule is Clc1ccc(-c2ccc(Cl)c(Cl)c2Cl)cn1. The Morgan fingerprint density at radius 3 is 2.19 bits per heavy atom. The van der Waals surface area contributed by atoms with Crippen LogP contribution >= 0.6 is 46.4 Å². The maximum absolute atomic E-state index is 6.10. The van der Waals surface area contributed by atoms with Gasteiger partial charge in [-0.3, -0.25) is 0 Å². The third-order valence-corrected chi connectivity index (χ3v) is 3.59. The van der Waals surface area contributed by atoms with Gasteiger partial charge in [-0.1, -0.05) is 52.5 Å². The van der Waals surface area contributed by atoms with Crippen molar-refractivity contribution < 1.29 is 0 Å². The Kier molecular flexibility index (Phi) is 3.60. The van der Waals surface area contributed by atoms with Crippen LogP contribution < -0.4 is 0 Å². The van der Waals surface area contributed by atoms with E-state index in [2.05, 4.69) is 4.98 Å². The van der Waals surface area contributed by atoms with E-state index in [9.17, 15) is 0 Å². The minimum atomic E-state index is 0.343. The van der Waals surface area contributed by atoms with Crippen LogP contribution in [0.15, 0.2) is 30.5 Å². The second-order valence-electron chi connectivity index (χ2n) is 3.09. The smallest absolute Gasteiger partial charge is 0.129 e. The van der Waals surface area contributed by atoms with Crippen LogP contribution in [0.25, 0.3) is 11.1 Å². The van der Waals surface area contributed by atoms with Gasteiger partial charge in [-0.05, 0) is 18.2 Å². The molecule has 1 aromatic heterocycles. The standard InChI is InChI=1S/C11H5Cl4N/c12-8-3-2-7(10(14)11(8)15)6-1-4-9(13)16-5-6/h1-5H. The zero-order valence-corrected chi connectivity index (χ0v) is 10.9. The highest BCUT2D eigenvalue weighted by Gasteiger charge is 2.10. The Bertz CT molecular complexity index is 522. The molecule has 82 valence electrons. The first-order valence-electron chi connectivity index (χ1n) is 4.35. The van der Waals surface area contributed by atoms with Crippen molar-refractivity contribution >= 4 is 46.4 Å². The fourth-order valence-corrected chi connectivity index (χ4v) is 2.04. The zero-order chi connectivity index (χ0) is 11.7. The maximum atomic E-state index is 6.10. The summed E-state index contributed by atoms with van der Waals surface area (Å²) in [6, 6.07) is 7.00. The molecule has 5 heteroatoms. The molecular weight excluding hydrogens is 288 g/mol. The van der Waals surface area contributed by atoms with Gasteiger partial charge in [-0.25, -0.2) is 4.98 Å². The Morgan fingerprint density at radius 2 is 1.56 bits per heavy atom. The van der Waals surface area contributed by atoms with Gasteiger partial charge in [0.2, 0.25) is 0 Å². The van der Waals surface area contributed by atoms with Crippen molar-refractivity contribution in [1.29, 1.82) is 0 Å². The van der Waals surface area contributed by atoms with Gasteiger partial charge in [0.15, 0.2) is 0 Å². The summed E-state index contributed by atoms with van der Waals surface area (Å²) in [7, 11) is 0. The molecule has 0 aliphatic rings. The van der Waals surface area contributed by atoms with E-state index in [0.29, 0.717) is 20.2 Å². The molecule has 0 atom stereocenters. The van der Waals surface area contributed by atoms with Gasteiger partial charge in [0.25, 0.3) is 0 Å². The van der Waals surface area contributed by atoms with Gasteiger partial charge in [0.1, 0.15) is 5.15 Å². The van der Waals surface area contributed by atoms with Crippen molar-refractivity contribution in [2.24, 2.45) is 0 Å². The predicted octanol–water partition coefficient (Wildman–Crippen LogP) is 5.36. The van der Waals surface area contributed by atoms with Crippen molar-refractivity contribution in [2.45, 2.75) is 0 Å². The number of benzene rings is 1.